The highest BCUT2D eigenvalue weighted by atomic mass is 14.5. The molecule has 0 saturated carbocycles. The van der Waals surface area contributed by atoms with Crippen LogP contribution in [0.1, 0.15) is 20.3 Å². The minimum absolute atomic E-state index is 1.04. The minimum atomic E-state index is 1.04. The molecule has 0 aromatic carbocycles. The van der Waals surface area contributed by atoms with Crippen LogP contribution < -0.4 is 5.73 Å². The van der Waals surface area contributed by atoms with Crippen molar-refractivity contribution in [2.24, 2.45) is 5.73 Å². The smallest absolute Gasteiger partial charge is 0.0103 e. The maximum absolute atomic E-state index is 4.96. The van der Waals surface area contributed by atoms with Crippen molar-refractivity contribution in [2.45, 2.75) is 20.3 Å². The van der Waals surface area contributed by atoms with Gasteiger partial charge < -0.3 is 5.73 Å². The SMILES string of the molecule is C=C=CC.CC/C=C/N. The second kappa shape index (κ2) is 15.7. The normalized spacial score (nSPS) is 7.33. The molecular formula is C8H15N. The lowest BCUT2D eigenvalue weighted by atomic mass is 10.5. The Morgan fingerprint density at radius 2 is 2.11 bits per heavy atom. The molecule has 0 rings (SSSR count). The van der Waals surface area contributed by atoms with Crippen molar-refractivity contribution in [1.29, 1.82) is 0 Å². The highest BCUT2D eigenvalue weighted by molar-refractivity contribution is 4.71. The van der Waals surface area contributed by atoms with Crippen LogP contribution in [0.4, 0.5) is 0 Å². The van der Waals surface area contributed by atoms with E-state index in [0.29, 0.717) is 0 Å². The van der Waals surface area contributed by atoms with E-state index < -0.39 is 0 Å². The van der Waals surface area contributed by atoms with Gasteiger partial charge in [-0.05, 0) is 25.6 Å². The molecule has 0 aromatic rings. The lowest BCUT2D eigenvalue weighted by molar-refractivity contribution is 1.21. The first-order valence-electron chi connectivity index (χ1n) is 3.00. The predicted octanol–water partition coefficient (Wildman–Crippen LogP) is 2.22. The number of rotatable bonds is 1. The first-order chi connectivity index (χ1) is 4.33. The third kappa shape index (κ3) is 42.6. The summed E-state index contributed by atoms with van der Waals surface area (Å²) in [6, 6.07) is 0. The van der Waals surface area contributed by atoms with Gasteiger partial charge >= 0.3 is 0 Å². The van der Waals surface area contributed by atoms with Crippen LogP contribution in [0.3, 0.4) is 0 Å². The maximum Gasteiger partial charge on any atom is -0.0103 e. The summed E-state index contributed by atoms with van der Waals surface area (Å²) < 4.78 is 0. The van der Waals surface area contributed by atoms with Gasteiger partial charge in [-0.2, -0.15) is 0 Å². The molecule has 0 heterocycles. The highest BCUT2D eigenvalue weighted by Gasteiger charge is 1.52. The van der Waals surface area contributed by atoms with Crippen LogP contribution in [0.2, 0.25) is 0 Å². The zero-order valence-electron chi connectivity index (χ0n) is 6.22. The van der Waals surface area contributed by atoms with Crippen LogP contribution in [0.25, 0.3) is 0 Å². The molecule has 0 amide bonds. The Morgan fingerprint density at radius 3 is 2.11 bits per heavy atom. The van der Waals surface area contributed by atoms with Crippen molar-refractivity contribution in [3.63, 3.8) is 0 Å². The molecule has 0 aromatic heterocycles. The van der Waals surface area contributed by atoms with Crippen molar-refractivity contribution in [3.05, 3.63) is 30.7 Å². The summed E-state index contributed by atoms with van der Waals surface area (Å²) in [5.41, 5.74) is 7.51. The lowest BCUT2D eigenvalue weighted by Gasteiger charge is -1.66. The molecule has 9 heavy (non-hydrogen) atoms. The van der Waals surface area contributed by atoms with Crippen LogP contribution in [-0.2, 0) is 0 Å². The van der Waals surface area contributed by atoms with Gasteiger partial charge in [0.05, 0.1) is 0 Å². The number of allylic oxidation sites excluding steroid dienone is 2. The Hall–Kier alpha value is -0.940. The molecule has 1 nitrogen and oxygen atoms in total. The van der Waals surface area contributed by atoms with Crippen molar-refractivity contribution in [1.82, 2.24) is 0 Å². The zero-order valence-corrected chi connectivity index (χ0v) is 6.22. The van der Waals surface area contributed by atoms with Gasteiger partial charge in [0, 0.05) is 0 Å². The molecular weight excluding hydrogens is 110 g/mol. The van der Waals surface area contributed by atoms with Gasteiger partial charge in [-0.25, -0.2) is 0 Å². The van der Waals surface area contributed by atoms with Crippen LogP contribution >= 0.6 is 0 Å². The van der Waals surface area contributed by atoms with Crippen molar-refractivity contribution >= 4 is 0 Å². The van der Waals surface area contributed by atoms with Gasteiger partial charge in [-0.3, -0.25) is 0 Å². The maximum atomic E-state index is 4.96. The molecule has 0 unspecified atom stereocenters. The van der Waals surface area contributed by atoms with Crippen molar-refractivity contribution in [3.8, 4) is 0 Å². The van der Waals surface area contributed by atoms with E-state index in [9.17, 15) is 0 Å². The lowest BCUT2D eigenvalue weighted by Crippen LogP contribution is -1.72. The quantitative estimate of drug-likeness (QED) is 0.534. The molecule has 0 fully saturated rings. The van der Waals surface area contributed by atoms with E-state index in [1.165, 1.54) is 0 Å². The van der Waals surface area contributed by atoms with Gasteiger partial charge in [-0.15, -0.1) is 5.73 Å². The van der Waals surface area contributed by atoms with Gasteiger partial charge in [0.15, 0.2) is 0 Å². The van der Waals surface area contributed by atoms with Crippen LogP contribution in [0.15, 0.2) is 30.7 Å². The molecule has 0 aliphatic heterocycles. The molecule has 0 atom stereocenters. The van der Waals surface area contributed by atoms with E-state index in [1.54, 1.807) is 12.3 Å². The fourth-order valence-electron chi connectivity index (χ4n) is 0.136. The largest absolute Gasteiger partial charge is 0.405 e. The van der Waals surface area contributed by atoms with Crippen LogP contribution in [-0.4, -0.2) is 0 Å². The van der Waals surface area contributed by atoms with Crippen LogP contribution in [0, 0.1) is 0 Å². The van der Waals surface area contributed by atoms with Crippen molar-refractivity contribution in [2.75, 3.05) is 0 Å². The molecule has 2 N–H and O–H groups in total. The van der Waals surface area contributed by atoms with Crippen LogP contribution in [0.5, 0.6) is 0 Å². The van der Waals surface area contributed by atoms with E-state index in [0.717, 1.165) is 6.42 Å². The Morgan fingerprint density at radius 1 is 1.67 bits per heavy atom. The first-order valence-corrected chi connectivity index (χ1v) is 3.00. The Balaban J connectivity index is 0. The Labute approximate surface area is 57.6 Å². The summed E-state index contributed by atoms with van der Waals surface area (Å²) in [6.45, 7) is 7.23. The van der Waals surface area contributed by atoms with E-state index in [1.807, 2.05) is 19.9 Å². The van der Waals surface area contributed by atoms with Crippen molar-refractivity contribution < 1.29 is 0 Å². The summed E-state index contributed by atoms with van der Waals surface area (Å²) in [6.07, 6.45) is 6.26. The zero-order chi connectivity index (χ0) is 7.54. The third-order valence-corrected chi connectivity index (χ3v) is 0.576. The topological polar surface area (TPSA) is 26.0 Å². The van der Waals surface area contributed by atoms with Gasteiger partial charge in [0.25, 0.3) is 0 Å². The molecule has 0 aliphatic carbocycles. The summed E-state index contributed by atoms with van der Waals surface area (Å²) in [5.74, 6) is 0. The first kappa shape index (κ1) is 10.9. The average Bonchev–Trinajstić information content (AvgIpc) is 1.91. The van der Waals surface area contributed by atoms with Gasteiger partial charge in [0.1, 0.15) is 0 Å². The van der Waals surface area contributed by atoms with E-state index in [4.69, 9.17) is 5.73 Å². The fraction of sp³-hybridized carbons (Fsp3) is 0.375. The summed E-state index contributed by atoms with van der Waals surface area (Å²) in [5, 5.41) is 0. The minimum Gasteiger partial charge on any atom is -0.405 e. The van der Waals surface area contributed by atoms with Gasteiger partial charge in [0.2, 0.25) is 0 Å². The fourth-order valence-corrected chi connectivity index (χ4v) is 0.136. The molecule has 0 aliphatic rings. The van der Waals surface area contributed by atoms with E-state index >= 15 is 0 Å². The summed E-state index contributed by atoms with van der Waals surface area (Å²) >= 11 is 0. The second-order valence-corrected chi connectivity index (χ2v) is 1.33. The summed E-state index contributed by atoms with van der Waals surface area (Å²) in [7, 11) is 0. The number of hydrogen-bond donors (Lipinski definition) is 1. The average molecular weight is 125 g/mol. The molecule has 1 heteroatoms. The number of hydrogen-bond acceptors (Lipinski definition) is 1. The summed E-state index contributed by atoms with van der Waals surface area (Å²) in [4.78, 5) is 0. The molecule has 0 bridgehead atoms. The van der Waals surface area contributed by atoms with Gasteiger partial charge in [-0.1, -0.05) is 19.6 Å². The molecule has 0 saturated heterocycles. The Kier molecular flexibility index (Phi) is 19.1. The third-order valence-electron chi connectivity index (χ3n) is 0.576. The Bertz CT molecular complexity index is 97.1. The highest BCUT2D eigenvalue weighted by Crippen LogP contribution is 1.69. The second-order valence-electron chi connectivity index (χ2n) is 1.33. The number of nitrogens with two attached hydrogens (primary N) is 1. The standard InChI is InChI=1S/C4H9N.C4H6/c1-2-3-4-5;1-3-4-2/h3-4H,2,5H2,1H3;4H,1H2,2H3/b4-3+;. The predicted molar refractivity (Wildman–Crippen MR) is 43.0 cm³/mol. The van der Waals surface area contributed by atoms with E-state index in [-0.39, 0.29) is 0 Å². The molecule has 0 radical (unpaired) electrons. The van der Waals surface area contributed by atoms with E-state index in [2.05, 4.69) is 12.3 Å². The monoisotopic (exact) mass is 125 g/mol. The molecule has 0 spiro atoms. The molecule has 52 valence electrons.